The van der Waals surface area contributed by atoms with Crippen molar-refractivity contribution >= 4 is 6.08 Å². The highest BCUT2D eigenvalue weighted by atomic mass is 16.5. The molecule has 160 valence electrons. The van der Waals surface area contributed by atoms with Gasteiger partial charge in [-0.2, -0.15) is 0 Å². The van der Waals surface area contributed by atoms with Crippen LogP contribution in [0.3, 0.4) is 0 Å². The van der Waals surface area contributed by atoms with Crippen LogP contribution in [0.25, 0.3) is 6.08 Å². The van der Waals surface area contributed by atoms with Crippen LogP contribution in [0.2, 0.25) is 0 Å². The number of ether oxygens (including phenoxy) is 1. The molecule has 2 aromatic carbocycles. The second kappa shape index (κ2) is 9.21. The summed E-state index contributed by atoms with van der Waals surface area (Å²) in [5.41, 5.74) is 5.00. The van der Waals surface area contributed by atoms with Crippen LogP contribution in [-0.2, 0) is 24.1 Å². The first kappa shape index (κ1) is 20.2. The largest absolute Gasteiger partial charge is 0.362 e. The van der Waals surface area contributed by atoms with Crippen molar-refractivity contribution in [2.75, 3.05) is 20.1 Å². The Balaban J connectivity index is 1.40. The number of benzene rings is 2. The van der Waals surface area contributed by atoms with Crippen molar-refractivity contribution in [2.45, 2.75) is 44.4 Å². The average molecular weight is 414 g/mol. The fourth-order valence-corrected chi connectivity index (χ4v) is 4.69. The second-order valence-corrected chi connectivity index (χ2v) is 8.78. The van der Waals surface area contributed by atoms with E-state index in [2.05, 4.69) is 89.5 Å². The number of aromatic nitrogens is 2. The third kappa shape index (κ3) is 4.65. The van der Waals surface area contributed by atoms with E-state index in [1.54, 1.807) is 0 Å². The van der Waals surface area contributed by atoms with E-state index in [1.807, 2.05) is 0 Å². The molecule has 1 aromatic heterocycles. The molecule has 1 fully saturated rings. The van der Waals surface area contributed by atoms with Gasteiger partial charge in [-0.3, -0.25) is 0 Å². The molecule has 0 radical (unpaired) electrons. The van der Waals surface area contributed by atoms with Crippen LogP contribution in [0.5, 0.6) is 0 Å². The minimum Gasteiger partial charge on any atom is -0.362 e. The first-order valence-electron chi connectivity index (χ1n) is 11.5. The Kier molecular flexibility index (Phi) is 6.01. The quantitative estimate of drug-likeness (QED) is 0.596. The van der Waals surface area contributed by atoms with Crippen LogP contribution in [0.1, 0.15) is 47.2 Å². The first-order valence-corrected chi connectivity index (χ1v) is 11.5. The molecule has 0 aliphatic carbocycles. The average Bonchev–Trinajstić information content (AvgIpc) is 3.15. The van der Waals surface area contributed by atoms with Crippen LogP contribution < -0.4 is 0 Å². The van der Waals surface area contributed by atoms with Gasteiger partial charge in [0.15, 0.2) is 0 Å². The lowest BCUT2D eigenvalue weighted by atomic mass is 10.00. The van der Waals surface area contributed by atoms with Crippen molar-refractivity contribution in [1.82, 2.24) is 14.5 Å². The molecule has 4 heteroatoms. The van der Waals surface area contributed by atoms with Crippen molar-refractivity contribution in [3.05, 3.63) is 95.1 Å². The number of hydrogen-bond donors (Lipinski definition) is 0. The summed E-state index contributed by atoms with van der Waals surface area (Å²) in [6.07, 6.45) is 10.8. The molecule has 2 aliphatic heterocycles. The van der Waals surface area contributed by atoms with Crippen LogP contribution in [0.4, 0.5) is 0 Å². The predicted molar refractivity (Wildman–Crippen MR) is 125 cm³/mol. The molecular weight excluding hydrogens is 382 g/mol. The van der Waals surface area contributed by atoms with E-state index in [0.717, 1.165) is 56.8 Å². The lowest BCUT2D eigenvalue weighted by Crippen LogP contribution is -2.35. The van der Waals surface area contributed by atoms with Crippen molar-refractivity contribution in [2.24, 2.45) is 0 Å². The highest BCUT2D eigenvalue weighted by Gasteiger charge is 2.30. The molecule has 4 nitrogen and oxygen atoms in total. The lowest BCUT2D eigenvalue weighted by molar-refractivity contribution is -0.0275. The van der Waals surface area contributed by atoms with E-state index in [-0.39, 0.29) is 12.2 Å². The van der Waals surface area contributed by atoms with Gasteiger partial charge in [-0.1, -0.05) is 60.7 Å². The molecule has 0 N–H and O–H groups in total. The van der Waals surface area contributed by atoms with E-state index in [1.165, 1.54) is 16.7 Å². The highest BCUT2D eigenvalue weighted by Crippen LogP contribution is 2.34. The van der Waals surface area contributed by atoms with Crippen LogP contribution in [0.15, 0.2) is 66.9 Å². The summed E-state index contributed by atoms with van der Waals surface area (Å²) in [5, 5.41) is 0. The molecule has 1 saturated heterocycles. The highest BCUT2D eigenvalue weighted by molar-refractivity contribution is 5.46. The van der Waals surface area contributed by atoms with Crippen LogP contribution in [0, 0.1) is 0 Å². The second-order valence-electron chi connectivity index (χ2n) is 8.78. The standard InChI is InChI=1S/C27H31N3O/c1-29-17-15-24(16-18-29)31-26-25-13-6-5-11-22(25)14-19-30-20-23(28-27(26)30)12-7-10-21-8-3-2-4-9-21/h2-9,11-13,20,24,26H,10,14-19H2,1H3/b12-7+. The normalized spacial score (nSPS) is 19.8. The number of nitrogens with zero attached hydrogens (tertiary/aromatic N) is 3. The number of allylic oxidation sites excluding steroid dienone is 1. The fourth-order valence-electron chi connectivity index (χ4n) is 4.69. The molecule has 2 aliphatic rings. The van der Waals surface area contributed by atoms with Gasteiger partial charge in [0, 0.05) is 25.8 Å². The fraction of sp³-hybridized carbons (Fsp3) is 0.370. The SMILES string of the molecule is CN1CCC(OC2c3ccccc3CCn3cc(/C=C/Cc4ccccc4)nc32)CC1. The minimum atomic E-state index is -0.0941. The Morgan fingerprint density at radius 2 is 1.77 bits per heavy atom. The molecule has 3 aromatic rings. The third-order valence-corrected chi connectivity index (χ3v) is 6.50. The predicted octanol–water partition coefficient (Wildman–Crippen LogP) is 4.90. The van der Waals surface area contributed by atoms with Gasteiger partial charge in [0.1, 0.15) is 11.9 Å². The van der Waals surface area contributed by atoms with Gasteiger partial charge < -0.3 is 14.2 Å². The summed E-state index contributed by atoms with van der Waals surface area (Å²) in [5.74, 6) is 1.04. The van der Waals surface area contributed by atoms with Crippen LogP contribution in [-0.4, -0.2) is 40.7 Å². The van der Waals surface area contributed by atoms with Gasteiger partial charge in [-0.25, -0.2) is 4.98 Å². The summed E-state index contributed by atoms with van der Waals surface area (Å²) >= 11 is 0. The molecule has 0 amide bonds. The Morgan fingerprint density at radius 3 is 2.61 bits per heavy atom. The molecule has 0 bridgehead atoms. The molecule has 1 unspecified atom stereocenters. The minimum absolute atomic E-state index is 0.0941. The molecule has 0 spiro atoms. The maximum Gasteiger partial charge on any atom is 0.143 e. The number of likely N-dealkylation sites (tertiary alicyclic amines) is 1. The Morgan fingerprint density at radius 1 is 1.00 bits per heavy atom. The van der Waals surface area contributed by atoms with Crippen LogP contribution >= 0.6 is 0 Å². The smallest absolute Gasteiger partial charge is 0.143 e. The molecular formula is C27H31N3O. The molecule has 1 atom stereocenters. The summed E-state index contributed by atoms with van der Waals surface area (Å²) in [4.78, 5) is 7.43. The monoisotopic (exact) mass is 413 g/mol. The number of hydrogen-bond acceptors (Lipinski definition) is 3. The zero-order valence-corrected chi connectivity index (χ0v) is 18.3. The van der Waals surface area contributed by atoms with Gasteiger partial charge in [0.25, 0.3) is 0 Å². The van der Waals surface area contributed by atoms with E-state index < -0.39 is 0 Å². The van der Waals surface area contributed by atoms with Gasteiger partial charge in [-0.05, 0) is 55.5 Å². The Bertz CT molecular complexity index is 1030. The van der Waals surface area contributed by atoms with E-state index >= 15 is 0 Å². The van der Waals surface area contributed by atoms with Gasteiger partial charge in [0.05, 0.1) is 11.8 Å². The van der Waals surface area contributed by atoms with Gasteiger partial charge in [0.2, 0.25) is 0 Å². The van der Waals surface area contributed by atoms with E-state index in [9.17, 15) is 0 Å². The summed E-state index contributed by atoms with van der Waals surface area (Å²) < 4.78 is 9.07. The zero-order valence-electron chi connectivity index (χ0n) is 18.3. The number of piperidine rings is 1. The summed E-state index contributed by atoms with van der Waals surface area (Å²) in [7, 11) is 2.19. The lowest BCUT2D eigenvalue weighted by Gasteiger charge is -2.32. The van der Waals surface area contributed by atoms with Crippen molar-refractivity contribution in [3.63, 3.8) is 0 Å². The topological polar surface area (TPSA) is 30.3 Å². The maximum absolute atomic E-state index is 6.77. The molecule has 0 saturated carbocycles. The van der Waals surface area contributed by atoms with Gasteiger partial charge >= 0.3 is 0 Å². The number of imidazole rings is 1. The zero-order chi connectivity index (χ0) is 21.0. The number of aryl methyl sites for hydroxylation is 2. The first-order chi connectivity index (χ1) is 15.3. The van der Waals surface area contributed by atoms with Crippen molar-refractivity contribution < 1.29 is 4.74 Å². The maximum atomic E-state index is 6.77. The van der Waals surface area contributed by atoms with E-state index in [4.69, 9.17) is 9.72 Å². The Hall–Kier alpha value is -2.69. The van der Waals surface area contributed by atoms with E-state index in [0.29, 0.717) is 0 Å². The van der Waals surface area contributed by atoms with Crippen molar-refractivity contribution in [3.8, 4) is 0 Å². The Labute approximate surface area is 185 Å². The van der Waals surface area contributed by atoms with Crippen molar-refractivity contribution in [1.29, 1.82) is 0 Å². The number of fused-ring (bicyclic) bond motifs is 2. The summed E-state index contributed by atoms with van der Waals surface area (Å²) in [6.45, 7) is 3.14. The molecule has 5 rings (SSSR count). The summed E-state index contributed by atoms with van der Waals surface area (Å²) in [6, 6.07) is 19.3. The number of rotatable bonds is 5. The van der Waals surface area contributed by atoms with Gasteiger partial charge in [-0.15, -0.1) is 0 Å². The molecule has 31 heavy (non-hydrogen) atoms. The third-order valence-electron chi connectivity index (χ3n) is 6.50. The molecule has 3 heterocycles.